The van der Waals surface area contributed by atoms with Crippen LogP contribution >= 0.6 is 0 Å². The molecule has 2 aromatic heterocycles. The summed E-state index contributed by atoms with van der Waals surface area (Å²) in [6, 6.07) is 12.3. The Morgan fingerprint density at radius 3 is 3.17 bits per heavy atom. The molecule has 0 saturated carbocycles. The van der Waals surface area contributed by atoms with Gasteiger partial charge in [0.2, 0.25) is 0 Å². The first-order valence-electron chi connectivity index (χ1n) is 8.30. The normalized spacial score (nSPS) is 17.1. The number of imidazole rings is 1. The van der Waals surface area contributed by atoms with Crippen molar-refractivity contribution in [2.45, 2.75) is 25.4 Å². The molecule has 4 rings (SSSR count). The highest BCUT2D eigenvalue weighted by Crippen LogP contribution is 2.34. The Kier molecular flexibility index (Phi) is 4.09. The summed E-state index contributed by atoms with van der Waals surface area (Å²) in [5.41, 5.74) is 3.17. The summed E-state index contributed by atoms with van der Waals surface area (Å²) in [5, 5.41) is 3.63. The van der Waals surface area contributed by atoms with E-state index in [0.29, 0.717) is 0 Å². The van der Waals surface area contributed by atoms with Gasteiger partial charge in [-0.15, -0.1) is 0 Å². The van der Waals surface area contributed by atoms with Crippen LogP contribution in [0.15, 0.2) is 48.8 Å². The summed E-state index contributed by atoms with van der Waals surface area (Å²) in [4.78, 5) is 4.65. The number of fused-ring (bicyclic) bond motifs is 2. The predicted molar refractivity (Wildman–Crippen MR) is 92.5 cm³/mol. The van der Waals surface area contributed by atoms with Crippen LogP contribution in [0.2, 0.25) is 0 Å². The van der Waals surface area contributed by atoms with Crippen LogP contribution in [0.25, 0.3) is 5.65 Å². The molecule has 0 radical (unpaired) electrons. The smallest absolute Gasteiger partial charge is 0.137 e. The second-order valence-corrected chi connectivity index (χ2v) is 6.03. The number of nitrogens with one attached hydrogen (secondary N) is 1. The van der Waals surface area contributed by atoms with Crippen LogP contribution in [-0.4, -0.2) is 23.1 Å². The first-order chi connectivity index (χ1) is 11.8. The lowest BCUT2D eigenvalue weighted by Crippen LogP contribution is -2.20. The van der Waals surface area contributed by atoms with E-state index in [2.05, 4.69) is 22.6 Å². The molecule has 0 fully saturated rings. The predicted octanol–water partition coefficient (Wildman–Crippen LogP) is 3.35. The van der Waals surface area contributed by atoms with Gasteiger partial charge in [-0.25, -0.2) is 4.98 Å². The van der Waals surface area contributed by atoms with Crippen molar-refractivity contribution in [3.05, 3.63) is 60.0 Å². The number of hydrogen-bond acceptors (Lipinski definition) is 4. The zero-order valence-electron chi connectivity index (χ0n) is 13.7. The van der Waals surface area contributed by atoms with Crippen LogP contribution in [0.5, 0.6) is 11.5 Å². The van der Waals surface area contributed by atoms with E-state index < -0.39 is 0 Å². The Bertz CT molecular complexity index is 810. The molecule has 0 bridgehead atoms. The van der Waals surface area contributed by atoms with Gasteiger partial charge in [-0.1, -0.05) is 6.07 Å². The maximum absolute atomic E-state index is 5.86. The molecule has 3 aromatic rings. The van der Waals surface area contributed by atoms with Gasteiger partial charge in [-0.3, -0.25) is 0 Å². The molecule has 5 nitrogen and oxygen atoms in total. The van der Waals surface area contributed by atoms with E-state index in [1.165, 1.54) is 0 Å². The number of ether oxygens (including phenoxy) is 2. The Labute approximate surface area is 141 Å². The van der Waals surface area contributed by atoms with Crippen LogP contribution in [0.4, 0.5) is 0 Å². The fraction of sp³-hybridized carbons (Fsp3) is 0.316. The Morgan fingerprint density at radius 1 is 1.33 bits per heavy atom. The zero-order chi connectivity index (χ0) is 16.4. The molecule has 0 spiro atoms. The van der Waals surface area contributed by atoms with Gasteiger partial charge in [0.15, 0.2) is 0 Å². The van der Waals surface area contributed by atoms with Gasteiger partial charge in [0.25, 0.3) is 0 Å². The van der Waals surface area contributed by atoms with E-state index >= 15 is 0 Å². The van der Waals surface area contributed by atoms with Crippen molar-refractivity contribution >= 4 is 5.65 Å². The van der Waals surface area contributed by atoms with Crippen LogP contribution in [0.3, 0.4) is 0 Å². The number of benzene rings is 1. The third-order valence-electron chi connectivity index (χ3n) is 4.43. The second kappa shape index (κ2) is 6.53. The van der Waals surface area contributed by atoms with Crippen molar-refractivity contribution in [1.82, 2.24) is 14.7 Å². The molecular weight excluding hydrogens is 302 g/mol. The highest BCUT2D eigenvalue weighted by Gasteiger charge is 2.20. The number of methoxy groups -OCH3 is 1. The molecule has 0 amide bonds. The van der Waals surface area contributed by atoms with Crippen LogP contribution < -0.4 is 14.8 Å². The number of nitrogens with zero attached hydrogens (tertiary/aromatic N) is 2. The third kappa shape index (κ3) is 2.95. The topological polar surface area (TPSA) is 47.8 Å². The molecular formula is C19H21N3O2. The summed E-state index contributed by atoms with van der Waals surface area (Å²) in [5.74, 6) is 1.81. The van der Waals surface area contributed by atoms with Gasteiger partial charge in [-0.2, -0.15) is 0 Å². The lowest BCUT2D eigenvalue weighted by Gasteiger charge is -2.18. The fourth-order valence-corrected chi connectivity index (χ4v) is 3.19. The van der Waals surface area contributed by atoms with Crippen molar-refractivity contribution in [1.29, 1.82) is 0 Å². The van der Waals surface area contributed by atoms with Crippen LogP contribution in [0.1, 0.15) is 30.1 Å². The fourth-order valence-electron chi connectivity index (χ4n) is 3.19. The molecule has 24 heavy (non-hydrogen) atoms. The minimum Gasteiger partial charge on any atom is -0.497 e. The van der Waals surface area contributed by atoms with E-state index in [9.17, 15) is 0 Å². The summed E-state index contributed by atoms with van der Waals surface area (Å²) in [7, 11) is 1.69. The monoisotopic (exact) mass is 323 g/mol. The van der Waals surface area contributed by atoms with E-state index in [1.807, 2.05) is 40.9 Å². The number of pyridine rings is 1. The molecule has 0 saturated heterocycles. The minimum absolute atomic E-state index is 0.238. The molecule has 1 aromatic carbocycles. The van der Waals surface area contributed by atoms with Crippen molar-refractivity contribution in [3.8, 4) is 11.5 Å². The third-order valence-corrected chi connectivity index (χ3v) is 4.43. The Morgan fingerprint density at radius 2 is 2.29 bits per heavy atom. The van der Waals surface area contributed by atoms with E-state index in [-0.39, 0.29) is 6.04 Å². The van der Waals surface area contributed by atoms with Crippen LogP contribution in [-0.2, 0) is 6.54 Å². The molecule has 1 unspecified atom stereocenters. The van der Waals surface area contributed by atoms with E-state index in [0.717, 1.165) is 54.4 Å². The molecule has 3 heterocycles. The summed E-state index contributed by atoms with van der Waals surface area (Å²) in [6.45, 7) is 1.48. The van der Waals surface area contributed by atoms with Crippen LogP contribution in [0, 0.1) is 0 Å². The largest absolute Gasteiger partial charge is 0.497 e. The summed E-state index contributed by atoms with van der Waals surface area (Å²) in [6.07, 6.45) is 6.15. The van der Waals surface area contributed by atoms with Gasteiger partial charge in [0.1, 0.15) is 17.1 Å². The number of aromatic nitrogens is 2. The molecule has 1 N–H and O–H groups in total. The zero-order valence-corrected chi connectivity index (χ0v) is 13.7. The quantitative estimate of drug-likeness (QED) is 0.800. The van der Waals surface area contributed by atoms with Crippen molar-refractivity contribution < 1.29 is 9.47 Å². The maximum atomic E-state index is 5.86. The molecule has 1 aliphatic heterocycles. The Hall–Kier alpha value is -2.53. The molecule has 1 atom stereocenters. The molecule has 124 valence electrons. The number of hydrogen-bond donors (Lipinski definition) is 1. The second-order valence-electron chi connectivity index (χ2n) is 6.03. The van der Waals surface area contributed by atoms with E-state index in [4.69, 9.17) is 9.47 Å². The highest BCUT2D eigenvalue weighted by atomic mass is 16.5. The first-order valence-corrected chi connectivity index (χ1v) is 8.30. The van der Waals surface area contributed by atoms with Gasteiger partial charge < -0.3 is 19.2 Å². The molecule has 5 heteroatoms. The minimum atomic E-state index is 0.238. The van der Waals surface area contributed by atoms with Crippen molar-refractivity contribution in [2.24, 2.45) is 0 Å². The van der Waals surface area contributed by atoms with Gasteiger partial charge >= 0.3 is 0 Å². The van der Waals surface area contributed by atoms with E-state index in [1.54, 1.807) is 7.11 Å². The van der Waals surface area contributed by atoms with Gasteiger partial charge in [0, 0.05) is 30.5 Å². The SMILES string of the molecule is COc1ccc2c(c1)C(NCc1cn3ccccc3n1)CCCO2. The van der Waals surface area contributed by atoms with Crippen molar-refractivity contribution in [3.63, 3.8) is 0 Å². The van der Waals surface area contributed by atoms with Gasteiger partial charge in [0.05, 0.1) is 19.4 Å². The lowest BCUT2D eigenvalue weighted by atomic mass is 10.0. The van der Waals surface area contributed by atoms with Crippen molar-refractivity contribution in [2.75, 3.05) is 13.7 Å². The first kappa shape index (κ1) is 15.0. The summed E-state index contributed by atoms with van der Waals surface area (Å²) >= 11 is 0. The molecule has 1 aliphatic rings. The number of rotatable bonds is 4. The lowest BCUT2D eigenvalue weighted by molar-refractivity contribution is 0.314. The average molecular weight is 323 g/mol. The standard InChI is InChI=1S/C19H21N3O2/c1-23-15-7-8-18-16(11-15)17(5-4-10-24-18)20-12-14-13-22-9-3-2-6-19(22)21-14/h2-3,6-9,11,13,17,20H,4-5,10,12H2,1H3. The highest BCUT2D eigenvalue weighted by molar-refractivity contribution is 5.43. The van der Waals surface area contributed by atoms with Gasteiger partial charge in [-0.05, 0) is 43.2 Å². The summed E-state index contributed by atoms with van der Waals surface area (Å²) < 4.78 is 13.3. The molecule has 0 aliphatic carbocycles. The Balaban J connectivity index is 1.55. The average Bonchev–Trinajstić information content (AvgIpc) is 2.93. The maximum Gasteiger partial charge on any atom is 0.137 e.